The van der Waals surface area contributed by atoms with E-state index in [1.807, 2.05) is 12.1 Å². The third-order valence-corrected chi connectivity index (χ3v) is 5.20. The fraction of sp³-hybridized carbons (Fsp3) is 0.190. The Morgan fingerprint density at radius 1 is 1.10 bits per heavy atom. The molecule has 2 aromatic carbocycles. The highest BCUT2D eigenvalue weighted by molar-refractivity contribution is 7.15. The zero-order valence-corrected chi connectivity index (χ0v) is 16.8. The summed E-state index contributed by atoms with van der Waals surface area (Å²) in [6.07, 6.45) is 2.33. The maximum atomic E-state index is 12.7. The molecule has 1 N–H and O–H groups in total. The van der Waals surface area contributed by atoms with Crippen LogP contribution in [0.1, 0.15) is 29.2 Å². The van der Waals surface area contributed by atoms with Crippen LogP contribution in [0.15, 0.2) is 59.7 Å². The molecular weight excluding hydrogens is 386 g/mol. The molecule has 4 rings (SSSR count). The number of nitrogens with zero attached hydrogens (tertiary/aromatic N) is 4. The van der Waals surface area contributed by atoms with E-state index in [4.69, 9.17) is 0 Å². The second kappa shape index (κ2) is 7.92. The van der Waals surface area contributed by atoms with Gasteiger partial charge >= 0.3 is 0 Å². The van der Waals surface area contributed by atoms with Crippen molar-refractivity contribution in [3.05, 3.63) is 75.8 Å². The van der Waals surface area contributed by atoms with Gasteiger partial charge in [0.2, 0.25) is 5.13 Å². The fourth-order valence-corrected chi connectivity index (χ4v) is 3.88. The highest BCUT2D eigenvalue weighted by atomic mass is 32.1. The first-order valence-corrected chi connectivity index (χ1v) is 10.0. The number of carbonyl (C=O) groups is 1. The number of hydrogen-bond acceptors (Lipinski definition) is 6. The average molecular weight is 405 g/mol. The van der Waals surface area contributed by atoms with E-state index in [0.29, 0.717) is 33.2 Å². The number of anilines is 1. The summed E-state index contributed by atoms with van der Waals surface area (Å²) in [4.78, 5) is 29.5. The first-order valence-electron chi connectivity index (χ1n) is 9.22. The van der Waals surface area contributed by atoms with Crippen LogP contribution in [-0.2, 0) is 6.42 Å². The molecule has 0 saturated carbocycles. The first kappa shape index (κ1) is 18.9. The van der Waals surface area contributed by atoms with Gasteiger partial charge in [-0.2, -0.15) is 0 Å². The van der Waals surface area contributed by atoms with E-state index in [0.717, 1.165) is 11.4 Å². The molecular formula is C21H19N5O2S. The van der Waals surface area contributed by atoms with Crippen molar-refractivity contribution in [2.45, 2.75) is 20.3 Å². The van der Waals surface area contributed by atoms with Crippen LogP contribution in [-0.4, -0.2) is 25.7 Å². The van der Waals surface area contributed by atoms with E-state index in [1.54, 1.807) is 36.4 Å². The average Bonchev–Trinajstić information content (AvgIpc) is 3.14. The molecule has 4 aromatic rings. The molecule has 0 spiro atoms. The van der Waals surface area contributed by atoms with Crippen molar-refractivity contribution >= 4 is 33.3 Å². The molecule has 0 saturated heterocycles. The lowest BCUT2D eigenvalue weighted by Crippen LogP contribution is -2.19. The van der Waals surface area contributed by atoms with Crippen LogP contribution < -0.4 is 10.9 Å². The number of benzene rings is 2. The highest BCUT2D eigenvalue weighted by Crippen LogP contribution is 2.19. The normalized spacial score (nSPS) is 11.1. The van der Waals surface area contributed by atoms with Crippen molar-refractivity contribution in [3.8, 4) is 5.69 Å². The van der Waals surface area contributed by atoms with E-state index in [2.05, 4.69) is 34.3 Å². The largest absolute Gasteiger partial charge is 0.296 e. The Morgan fingerprint density at radius 2 is 1.86 bits per heavy atom. The minimum Gasteiger partial charge on any atom is -0.296 e. The monoisotopic (exact) mass is 405 g/mol. The van der Waals surface area contributed by atoms with Gasteiger partial charge in [0.1, 0.15) is 11.3 Å². The molecule has 2 aromatic heterocycles. The molecule has 146 valence electrons. The maximum absolute atomic E-state index is 12.7. The van der Waals surface area contributed by atoms with Crippen molar-refractivity contribution in [1.82, 2.24) is 19.7 Å². The molecule has 0 radical (unpaired) electrons. The summed E-state index contributed by atoms with van der Waals surface area (Å²) in [5.41, 5.74) is 1.61. The second-order valence-electron chi connectivity index (χ2n) is 7.04. The number of amides is 1. The molecule has 0 fully saturated rings. The van der Waals surface area contributed by atoms with Gasteiger partial charge in [0.05, 0.1) is 16.6 Å². The van der Waals surface area contributed by atoms with E-state index >= 15 is 0 Å². The number of nitrogens with one attached hydrogen (secondary N) is 1. The molecule has 29 heavy (non-hydrogen) atoms. The SMILES string of the molecule is CC(C)Cc1nnc(NC(=O)c2ccc(-n3cnc4ccccc4c3=O)cc2)s1. The van der Waals surface area contributed by atoms with E-state index in [1.165, 1.54) is 22.2 Å². The van der Waals surface area contributed by atoms with Gasteiger partial charge in [0, 0.05) is 12.0 Å². The Hall–Kier alpha value is -3.39. The van der Waals surface area contributed by atoms with Gasteiger partial charge in [-0.1, -0.05) is 37.3 Å². The third-order valence-electron chi connectivity index (χ3n) is 4.34. The Kier molecular flexibility index (Phi) is 5.18. The zero-order chi connectivity index (χ0) is 20.4. The van der Waals surface area contributed by atoms with Crippen molar-refractivity contribution in [1.29, 1.82) is 0 Å². The maximum Gasteiger partial charge on any atom is 0.265 e. The van der Waals surface area contributed by atoms with Gasteiger partial charge in [-0.05, 0) is 42.3 Å². The second-order valence-corrected chi connectivity index (χ2v) is 8.10. The Labute approximate surface area is 171 Å². The number of rotatable bonds is 5. The summed E-state index contributed by atoms with van der Waals surface area (Å²) in [6, 6.07) is 14.0. The number of hydrogen-bond donors (Lipinski definition) is 1. The highest BCUT2D eigenvalue weighted by Gasteiger charge is 2.12. The number of aromatic nitrogens is 4. The summed E-state index contributed by atoms with van der Waals surface area (Å²) in [7, 11) is 0. The van der Waals surface area contributed by atoms with Gasteiger partial charge in [0.15, 0.2) is 0 Å². The summed E-state index contributed by atoms with van der Waals surface area (Å²) >= 11 is 1.38. The predicted octanol–water partition coefficient (Wildman–Crippen LogP) is 3.69. The van der Waals surface area contributed by atoms with Crippen LogP contribution in [0.2, 0.25) is 0 Å². The number of carbonyl (C=O) groups excluding carboxylic acids is 1. The van der Waals surface area contributed by atoms with E-state index in [-0.39, 0.29) is 11.5 Å². The quantitative estimate of drug-likeness (QED) is 0.547. The van der Waals surface area contributed by atoms with Crippen LogP contribution in [0.25, 0.3) is 16.6 Å². The van der Waals surface area contributed by atoms with Crippen LogP contribution >= 0.6 is 11.3 Å². The Bertz CT molecular complexity index is 1230. The van der Waals surface area contributed by atoms with Gasteiger partial charge < -0.3 is 0 Å². The summed E-state index contributed by atoms with van der Waals surface area (Å²) < 4.78 is 1.47. The van der Waals surface area contributed by atoms with Crippen molar-refractivity contribution in [2.75, 3.05) is 5.32 Å². The van der Waals surface area contributed by atoms with Crippen LogP contribution in [0.3, 0.4) is 0 Å². The van der Waals surface area contributed by atoms with Crippen LogP contribution in [0.4, 0.5) is 5.13 Å². The Morgan fingerprint density at radius 3 is 2.62 bits per heavy atom. The van der Waals surface area contributed by atoms with Crippen molar-refractivity contribution in [3.63, 3.8) is 0 Å². The lowest BCUT2D eigenvalue weighted by molar-refractivity contribution is 0.102. The molecule has 0 bridgehead atoms. The minimum atomic E-state index is -0.271. The molecule has 0 unspecified atom stereocenters. The smallest absolute Gasteiger partial charge is 0.265 e. The summed E-state index contributed by atoms with van der Waals surface area (Å²) in [5, 5.41) is 12.8. The molecule has 0 aliphatic rings. The Balaban J connectivity index is 1.53. The molecule has 7 nitrogen and oxygen atoms in total. The molecule has 2 heterocycles. The van der Waals surface area contributed by atoms with E-state index < -0.39 is 0 Å². The van der Waals surface area contributed by atoms with Gasteiger partial charge in [-0.25, -0.2) is 4.98 Å². The standard InChI is InChI=1S/C21H19N5O2S/c1-13(2)11-18-24-25-21(29-18)23-19(27)14-7-9-15(10-8-14)26-12-22-17-6-4-3-5-16(17)20(26)28/h3-10,12-13H,11H2,1-2H3,(H,23,25,27). The minimum absolute atomic E-state index is 0.153. The van der Waals surface area contributed by atoms with Crippen LogP contribution in [0.5, 0.6) is 0 Å². The van der Waals surface area contributed by atoms with Gasteiger partial charge in [0.25, 0.3) is 11.5 Å². The third kappa shape index (κ3) is 4.07. The summed E-state index contributed by atoms with van der Waals surface area (Å²) in [6.45, 7) is 4.22. The first-order chi connectivity index (χ1) is 14.0. The molecule has 0 atom stereocenters. The van der Waals surface area contributed by atoms with Crippen molar-refractivity contribution < 1.29 is 4.79 Å². The van der Waals surface area contributed by atoms with E-state index in [9.17, 15) is 9.59 Å². The number of para-hydroxylation sites is 1. The molecule has 0 aliphatic carbocycles. The summed E-state index contributed by atoms with van der Waals surface area (Å²) in [5.74, 6) is 0.208. The molecule has 8 heteroatoms. The predicted molar refractivity (Wildman–Crippen MR) is 114 cm³/mol. The molecule has 1 amide bonds. The van der Waals surface area contributed by atoms with Crippen molar-refractivity contribution in [2.24, 2.45) is 5.92 Å². The van der Waals surface area contributed by atoms with Gasteiger partial charge in [-0.3, -0.25) is 19.5 Å². The lowest BCUT2D eigenvalue weighted by atomic mass is 10.1. The van der Waals surface area contributed by atoms with Gasteiger partial charge in [-0.15, -0.1) is 10.2 Å². The fourth-order valence-electron chi connectivity index (χ4n) is 2.93. The zero-order valence-electron chi connectivity index (χ0n) is 16.0. The number of fused-ring (bicyclic) bond motifs is 1. The molecule has 0 aliphatic heterocycles. The topological polar surface area (TPSA) is 89.8 Å². The lowest BCUT2D eigenvalue weighted by Gasteiger charge is -2.07. The van der Waals surface area contributed by atoms with Crippen LogP contribution in [0, 0.1) is 5.92 Å².